The van der Waals surface area contributed by atoms with Crippen molar-refractivity contribution in [1.29, 1.82) is 0 Å². The minimum absolute atomic E-state index is 0.0511. The van der Waals surface area contributed by atoms with Crippen LogP contribution in [0.15, 0.2) is 10.6 Å². The van der Waals surface area contributed by atoms with E-state index in [4.69, 9.17) is 4.42 Å². The van der Waals surface area contributed by atoms with Gasteiger partial charge in [0.15, 0.2) is 0 Å². The van der Waals surface area contributed by atoms with Crippen molar-refractivity contribution in [1.82, 2.24) is 9.88 Å². The highest BCUT2D eigenvalue weighted by molar-refractivity contribution is 5.75. The molecule has 2 heterocycles. The minimum atomic E-state index is -0.690. The molecule has 5 heteroatoms. The third kappa shape index (κ3) is 2.87. The summed E-state index contributed by atoms with van der Waals surface area (Å²) in [4.78, 5) is 17.9. The van der Waals surface area contributed by atoms with E-state index in [2.05, 4.69) is 30.7 Å². The highest BCUT2D eigenvalue weighted by Crippen LogP contribution is 2.35. The van der Waals surface area contributed by atoms with Gasteiger partial charge in [-0.3, -0.25) is 9.69 Å². The summed E-state index contributed by atoms with van der Waals surface area (Å²) in [6.45, 7) is 10.1. The van der Waals surface area contributed by atoms with Crippen LogP contribution in [0.25, 0.3) is 0 Å². The van der Waals surface area contributed by atoms with Gasteiger partial charge in [0, 0.05) is 12.0 Å². The van der Waals surface area contributed by atoms with Crippen LogP contribution in [0.1, 0.15) is 52.2 Å². The SMILES string of the molecule is CCC1(C(=O)O)CCN(Cc2ncc(C(C)(C)C)o2)C1. The molecule has 20 heavy (non-hydrogen) atoms. The maximum absolute atomic E-state index is 11.4. The van der Waals surface area contributed by atoms with Crippen molar-refractivity contribution in [2.24, 2.45) is 5.41 Å². The minimum Gasteiger partial charge on any atom is -0.481 e. The number of hydrogen-bond donors (Lipinski definition) is 1. The van der Waals surface area contributed by atoms with Crippen LogP contribution in [0.4, 0.5) is 0 Å². The van der Waals surface area contributed by atoms with Gasteiger partial charge in [0.05, 0.1) is 18.2 Å². The topological polar surface area (TPSA) is 66.6 Å². The Kier molecular flexibility index (Phi) is 3.91. The number of rotatable bonds is 4. The lowest BCUT2D eigenvalue weighted by Crippen LogP contribution is -2.33. The van der Waals surface area contributed by atoms with E-state index in [0.717, 1.165) is 12.3 Å². The normalized spacial score (nSPS) is 24.2. The Hall–Kier alpha value is -1.36. The van der Waals surface area contributed by atoms with Crippen LogP contribution in [-0.4, -0.2) is 34.0 Å². The number of hydrogen-bond acceptors (Lipinski definition) is 4. The third-order valence-corrected chi connectivity index (χ3v) is 4.21. The fourth-order valence-corrected chi connectivity index (χ4v) is 2.63. The van der Waals surface area contributed by atoms with Gasteiger partial charge in [-0.2, -0.15) is 0 Å². The van der Waals surface area contributed by atoms with E-state index >= 15 is 0 Å². The lowest BCUT2D eigenvalue weighted by atomic mass is 9.84. The first-order valence-electron chi connectivity index (χ1n) is 7.18. The number of carbonyl (C=O) groups is 1. The average Bonchev–Trinajstić information content (AvgIpc) is 2.96. The molecule has 1 aliphatic heterocycles. The first kappa shape index (κ1) is 15.0. The van der Waals surface area contributed by atoms with Crippen LogP contribution in [0.2, 0.25) is 0 Å². The molecular formula is C15H24N2O3. The molecule has 1 aromatic heterocycles. The van der Waals surface area contributed by atoms with E-state index in [1.807, 2.05) is 6.92 Å². The van der Waals surface area contributed by atoms with Gasteiger partial charge in [0.25, 0.3) is 0 Å². The monoisotopic (exact) mass is 280 g/mol. The number of likely N-dealkylation sites (tertiary alicyclic amines) is 1. The molecule has 1 aliphatic rings. The van der Waals surface area contributed by atoms with Crippen molar-refractivity contribution in [2.45, 2.75) is 52.5 Å². The summed E-state index contributed by atoms with van der Waals surface area (Å²) >= 11 is 0. The predicted molar refractivity (Wildman–Crippen MR) is 75.5 cm³/mol. The molecular weight excluding hydrogens is 256 g/mol. The zero-order chi connectivity index (χ0) is 15.0. The summed E-state index contributed by atoms with van der Waals surface area (Å²) in [5.41, 5.74) is -0.649. The van der Waals surface area contributed by atoms with Crippen molar-refractivity contribution in [3.63, 3.8) is 0 Å². The van der Waals surface area contributed by atoms with Crippen molar-refractivity contribution in [2.75, 3.05) is 13.1 Å². The smallest absolute Gasteiger partial charge is 0.310 e. The second-order valence-electron chi connectivity index (χ2n) is 6.77. The largest absolute Gasteiger partial charge is 0.481 e. The van der Waals surface area contributed by atoms with E-state index in [1.54, 1.807) is 6.20 Å². The summed E-state index contributed by atoms with van der Waals surface area (Å²) in [6, 6.07) is 0. The summed E-state index contributed by atoms with van der Waals surface area (Å²) in [5, 5.41) is 9.39. The maximum Gasteiger partial charge on any atom is 0.310 e. The Morgan fingerprint density at radius 1 is 1.55 bits per heavy atom. The first-order chi connectivity index (χ1) is 9.27. The molecule has 0 saturated carbocycles. The molecule has 1 unspecified atom stereocenters. The lowest BCUT2D eigenvalue weighted by molar-refractivity contribution is -0.148. The van der Waals surface area contributed by atoms with E-state index in [0.29, 0.717) is 31.8 Å². The highest BCUT2D eigenvalue weighted by atomic mass is 16.4. The zero-order valence-corrected chi connectivity index (χ0v) is 12.8. The quantitative estimate of drug-likeness (QED) is 0.918. The Morgan fingerprint density at radius 3 is 2.70 bits per heavy atom. The van der Waals surface area contributed by atoms with E-state index in [-0.39, 0.29) is 5.41 Å². The van der Waals surface area contributed by atoms with Gasteiger partial charge in [-0.15, -0.1) is 0 Å². The van der Waals surface area contributed by atoms with Crippen LogP contribution in [0.5, 0.6) is 0 Å². The van der Waals surface area contributed by atoms with Gasteiger partial charge in [0.1, 0.15) is 5.76 Å². The van der Waals surface area contributed by atoms with Gasteiger partial charge >= 0.3 is 5.97 Å². The zero-order valence-electron chi connectivity index (χ0n) is 12.8. The molecule has 2 rings (SSSR count). The Balaban J connectivity index is 2.02. The second-order valence-corrected chi connectivity index (χ2v) is 6.77. The average molecular weight is 280 g/mol. The van der Waals surface area contributed by atoms with Crippen LogP contribution in [0, 0.1) is 5.41 Å². The Labute approximate surface area is 120 Å². The van der Waals surface area contributed by atoms with Gasteiger partial charge in [-0.05, 0) is 19.4 Å². The summed E-state index contributed by atoms with van der Waals surface area (Å²) < 4.78 is 5.77. The van der Waals surface area contributed by atoms with E-state index in [9.17, 15) is 9.90 Å². The molecule has 5 nitrogen and oxygen atoms in total. The first-order valence-corrected chi connectivity index (χ1v) is 7.18. The van der Waals surface area contributed by atoms with Crippen LogP contribution >= 0.6 is 0 Å². The van der Waals surface area contributed by atoms with Crippen molar-refractivity contribution < 1.29 is 14.3 Å². The second kappa shape index (κ2) is 5.20. The van der Waals surface area contributed by atoms with E-state index in [1.165, 1.54) is 0 Å². The van der Waals surface area contributed by atoms with Crippen molar-refractivity contribution >= 4 is 5.97 Å². The predicted octanol–water partition coefficient (Wildman–Crippen LogP) is 2.66. The molecule has 0 amide bonds. The molecule has 0 spiro atoms. The number of carboxylic acids is 1. The maximum atomic E-state index is 11.4. The summed E-state index contributed by atoms with van der Waals surface area (Å²) in [5.74, 6) is 0.851. The Morgan fingerprint density at radius 2 is 2.25 bits per heavy atom. The molecule has 0 radical (unpaired) electrons. The fraction of sp³-hybridized carbons (Fsp3) is 0.733. The number of oxazole rings is 1. The van der Waals surface area contributed by atoms with Gasteiger partial charge in [-0.1, -0.05) is 27.7 Å². The van der Waals surface area contributed by atoms with Gasteiger partial charge in [-0.25, -0.2) is 4.98 Å². The molecule has 0 aromatic carbocycles. The standard InChI is InChI=1S/C15H24N2O3/c1-5-15(13(18)19)6-7-17(10-15)9-12-16-8-11(20-12)14(2,3)4/h8H,5-7,9-10H2,1-4H3,(H,18,19). The molecule has 1 N–H and O–H groups in total. The number of aromatic nitrogens is 1. The summed E-state index contributed by atoms with van der Waals surface area (Å²) in [7, 11) is 0. The van der Waals surface area contributed by atoms with Gasteiger partial charge in [0.2, 0.25) is 5.89 Å². The van der Waals surface area contributed by atoms with Crippen molar-refractivity contribution in [3.8, 4) is 0 Å². The molecule has 1 atom stereocenters. The van der Waals surface area contributed by atoms with Crippen LogP contribution in [0.3, 0.4) is 0 Å². The fourth-order valence-electron chi connectivity index (χ4n) is 2.63. The molecule has 1 fully saturated rings. The van der Waals surface area contributed by atoms with Crippen LogP contribution < -0.4 is 0 Å². The number of aliphatic carboxylic acids is 1. The number of nitrogens with zero attached hydrogens (tertiary/aromatic N) is 2. The number of carboxylic acid groups (broad SMARTS) is 1. The van der Waals surface area contributed by atoms with Crippen LogP contribution in [-0.2, 0) is 16.8 Å². The summed E-state index contributed by atoms with van der Waals surface area (Å²) in [6.07, 6.45) is 3.14. The molecule has 0 bridgehead atoms. The third-order valence-electron chi connectivity index (χ3n) is 4.21. The molecule has 0 aliphatic carbocycles. The van der Waals surface area contributed by atoms with Crippen molar-refractivity contribution in [3.05, 3.63) is 17.8 Å². The highest BCUT2D eigenvalue weighted by Gasteiger charge is 2.43. The van der Waals surface area contributed by atoms with Gasteiger partial charge < -0.3 is 9.52 Å². The molecule has 1 saturated heterocycles. The van der Waals surface area contributed by atoms with E-state index < -0.39 is 11.4 Å². The molecule has 112 valence electrons. The lowest BCUT2D eigenvalue weighted by Gasteiger charge is -2.22. The molecule has 1 aromatic rings. The Bertz CT molecular complexity index is 490.